The molecule has 0 unspecified atom stereocenters. The molecule has 2 aliphatic heterocycles. The van der Waals surface area contributed by atoms with E-state index in [1.54, 1.807) is 31.7 Å². The van der Waals surface area contributed by atoms with Crippen molar-refractivity contribution in [3.8, 4) is 0 Å². The first-order valence-electron chi connectivity index (χ1n) is 9.99. The average Bonchev–Trinajstić information content (AvgIpc) is 2.66. The molecule has 1 aromatic carbocycles. The van der Waals surface area contributed by atoms with Crippen molar-refractivity contribution in [3.05, 3.63) is 48.0 Å². The number of hydrogen-bond donors (Lipinski definition) is 2. The molecule has 0 aromatic heterocycles. The highest BCUT2D eigenvalue weighted by Gasteiger charge is 2.39. The van der Waals surface area contributed by atoms with E-state index < -0.39 is 29.9 Å². The second kappa shape index (κ2) is 8.55. The van der Waals surface area contributed by atoms with Crippen LogP contribution in [0.2, 0.25) is 0 Å². The summed E-state index contributed by atoms with van der Waals surface area (Å²) in [5, 5.41) is 12.9. The number of hydrogen-bond acceptors (Lipinski definition) is 5. The number of ether oxygens (including phenoxy) is 2. The molecular weight excluding hydrogens is 372 g/mol. The van der Waals surface area contributed by atoms with Crippen LogP contribution in [0.4, 0.5) is 4.79 Å². The van der Waals surface area contributed by atoms with Gasteiger partial charge in [0.15, 0.2) is 0 Å². The van der Waals surface area contributed by atoms with Gasteiger partial charge in [-0.3, -0.25) is 4.79 Å². The lowest BCUT2D eigenvalue weighted by atomic mass is 9.91. The Balaban J connectivity index is 1.69. The van der Waals surface area contributed by atoms with Gasteiger partial charge in [-0.25, -0.2) is 4.79 Å². The van der Waals surface area contributed by atoms with Crippen LogP contribution in [0.5, 0.6) is 0 Å². The molecule has 0 saturated carbocycles. The molecular formula is C22H30N2O5. The maximum atomic E-state index is 13.2. The van der Waals surface area contributed by atoms with Crippen LogP contribution in [-0.4, -0.2) is 59.0 Å². The normalized spacial score (nSPS) is 27.0. The molecule has 2 heterocycles. The van der Waals surface area contributed by atoms with Crippen molar-refractivity contribution in [1.82, 2.24) is 10.2 Å². The molecule has 158 valence electrons. The fourth-order valence-electron chi connectivity index (χ4n) is 3.86. The third-order valence-electron chi connectivity index (χ3n) is 5.22. The monoisotopic (exact) mass is 402 g/mol. The average molecular weight is 402 g/mol. The van der Waals surface area contributed by atoms with Crippen LogP contribution < -0.4 is 5.32 Å². The Labute approximate surface area is 171 Å². The minimum Gasteiger partial charge on any atom is -0.444 e. The van der Waals surface area contributed by atoms with Crippen molar-refractivity contribution in [2.75, 3.05) is 13.2 Å². The molecule has 7 heteroatoms. The second-order valence-corrected chi connectivity index (χ2v) is 8.54. The van der Waals surface area contributed by atoms with E-state index in [2.05, 4.69) is 18.0 Å². The molecule has 0 aliphatic carbocycles. The summed E-state index contributed by atoms with van der Waals surface area (Å²) in [5.41, 5.74) is 1.64. The maximum absolute atomic E-state index is 13.2. The van der Waals surface area contributed by atoms with Gasteiger partial charge in [0.2, 0.25) is 0 Å². The van der Waals surface area contributed by atoms with Crippen molar-refractivity contribution in [2.24, 2.45) is 0 Å². The van der Waals surface area contributed by atoms with E-state index >= 15 is 0 Å². The van der Waals surface area contributed by atoms with Gasteiger partial charge in [-0.1, -0.05) is 30.3 Å². The van der Waals surface area contributed by atoms with Crippen molar-refractivity contribution in [2.45, 2.75) is 63.5 Å². The Bertz CT molecular complexity index is 773. The first kappa shape index (κ1) is 21.3. The predicted octanol–water partition coefficient (Wildman–Crippen LogP) is 2.34. The first-order chi connectivity index (χ1) is 13.7. The minimum absolute atomic E-state index is 0.0277. The standard InChI is InChI=1S/C22H30N2O5/c1-5-17-15-9-7-6-8-14(15)10-11-24(17)20(26)19-12-16(18(25)13-28-19)23-21(27)29-22(2,3)4/h5-9,16-19,25H,1,10-13H2,2-4H3,(H,23,27)/t16-,17+,18-,19-/m1/s1. The summed E-state index contributed by atoms with van der Waals surface area (Å²) >= 11 is 0. The highest BCUT2D eigenvalue weighted by molar-refractivity contribution is 5.82. The van der Waals surface area contributed by atoms with Crippen molar-refractivity contribution in [3.63, 3.8) is 0 Å². The molecule has 7 nitrogen and oxygen atoms in total. The molecule has 4 atom stereocenters. The summed E-state index contributed by atoms with van der Waals surface area (Å²) < 4.78 is 10.9. The summed E-state index contributed by atoms with van der Waals surface area (Å²) in [4.78, 5) is 27.1. The number of amides is 2. The van der Waals surface area contributed by atoms with E-state index in [1.807, 2.05) is 18.2 Å². The van der Waals surface area contributed by atoms with Gasteiger partial charge in [-0.15, -0.1) is 6.58 Å². The van der Waals surface area contributed by atoms with E-state index in [4.69, 9.17) is 9.47 Å². The first-order valence-corrected chi connectivity index (χ1v) is 9.99. The van der Waals surface area contributed by atoms with Gasteiger partial charge in [0.1, 0.15) is 11.7 Å². The van der Waals surface area contributed by atoms with Gasteiger partial charge < -0.3 is 24.8 Å². The van der Waals surface area contributed by atoms with E-state index in [0.717, 1.165) is 12.0 Å². The number of benzene rings is 1. The van der Waals surface area contributed by atoms with Crippen molar-refractivity contribution < 1.29 is 24.2 Å². The molecule has 29 heavy (non-hydrogen) atoms. The number of carbonyl (C=O) groups excluding carboxylic acids is 2. The number of carbonyl (C=O) groups is 2. The lowest BCUT2D eigenvalue weighted by Gasteiger charge is -2.40. The highest BCUT2D eigenvalue weighted by atomic mass is 16.6. The molecule has 0 bridgehead atoms. The number of rotatable bonds is 3. The lowest BCUT2D eigenvalue weighted by Crippen LogP contribution is -2.56. The number of aliphatic hydroxyl groups is 1. The molecule has 3 rings (SSSR count). The summed E-state index contributed by atoms with van der Waals surface area (Å²) in [7, 11) is 0. The topological polar surface area (TPSA) is 88.1 Å². The van der Waals surface area contributed by atoms with Crippen LogP contribution in [0.1, 0.15) is 44.4 Å². The Morgan fingerprint density at radius 1 is 1.34 bits per heavy atom. The number of nitrogens with one attached hydrogen (secondary N) is 1. The fourth-order valence-corrected chi connectivity index (χ4v) is 3.86. The molecule has 1 saturated heterocycles. The lowest BCUT2D eigenvalue weighted by molar-refractivity contribution is -0.155. The zero-order valence-electron chi connectivity index (χ0n) is 17.3. The number of alkyl carbamates (subject to hydrolysis) is 1. The molecule has 0 spiro atoms. The fraction of sp³-hybridized carbons (Fsp3) is 0.545. The van der Waals surface area contributed by atoms with Gasteiger partial charge >= 0.3 is 6.09 Å². The van der Waals surface area contributed by atoms with Crippen LogP contribution >= 0.6 is 0 Å². The quantitative estimate of drug-likeness (QED) is 0.758. The van der Waals surface area contributed by atoms with Gasteiger partial charge in [-0.05, 0) is 38.3 Å². The van der Waals surface area contributed by atoms with Gasteiger partial charge in [-0.2, -0.15) is 0 Å². The molecule has 2 N–H and O–H groups in total. The minimum atomic E-state index is -0.899. The van der Waals surface area contributed by atoms with Crippen LogP contribution in [0.15, 0.2) is 36.9 Å². The zero-order valence-corrected chi connectivity index (χ0v) is 17.3. The largest absolute Gasteiger partial charge is 0.444 e. The second-order valence-electron chi connectivity index (χ2n) is 8.54. The van der Waals surface area contributed by atoms with E-state index in [-0.39, 0.29) is 25.0 Å². The van der Waals surface area contributed by atoms with E-state index in [0.29, 0.717) is 6.54 Å². The molecule has 1 fully saturated rings. The Kier molecular flexibility index (Phi) is 6.29. The van der Waals surface area contributed by atoms with Crippen molar-refractivity contribution >= 4 is 12.0 Å². The van der Waals surface area contributed by atoms with Crippen LogP contribution in [0, 0.1) is 0 Å². The number of nitrogens with zero attached hydrogens (tertiary/aromatic N) is 1. The third kappa shape index (κ3) is 4.97. The Morgan fingerprint density at radius 2 is 2.07 bits per heavy atom. The molecule has 0 radical (unpaired) electrons. The summed E-state index contributed by atoms with van der Waals surface area (Å²) in [5.74, 6) is -0.160. The Hall–Kier alpha value is -2.38. The zero-order chi connectivity index (χ0) is 21.2. The molecule has 2 amide bonds. The third-order valence-corrected chi connectivity index (χ3v) is 5.22. The number of aliphatic hydroxyl groups excluding tert-OH is 1. The van der Waals surface area contributed by atoms with Crippen LogP contribution in [0.25, 0.3) is 0 Å². The highest BCUT2D eigenvalue weighted by Crippen LogP contribution is 2.32. The van der Waals surface area contributed by atoms with E-state index in [9.17, 15) is 14.7 Å². The summed E-state index contributed by atoms with van der Waals surface area (Å²) in [6, 6.07) is 7.19. The summed E-state index contributed by atoms with van der Waals surface area (Å²) in [6.07, 6.45) is 0.451. The van der Waals surface area contributed by atoms with Crippen LogP contribution in [-0.2, 0) is 20.7 Å². The molecule has 1 aromatic rings. The van der Waals surface area contributed by atoms with Gasteiger partial charge in [0.05, 0.1) is 24.8 Å². The van der Waals surface area contributed by atoms with Gasteiger partial charge in [0.25, 0.3) is 5.91 Å². The van der Waals surface area contributed by atoms with Crippen LogP contribution in [0.3, 0.4) is 0 Å². The SMILES string of the molecule is C=C[C@H]1c2ccccc2CCN1C(=O)[C@H]1C[C@@H](NC(=O)OC(C)(C)C)[C@H](O)CO1. The number of fused-ring (bicyclic) bond motifs is 1. The predicted molar refractivity (Wildman–Crippen MR) is 108 cm³/mol. The van der Waals surface area contributed by atoms with Crippen molar-refractivity contribution in [1.29, 1.82) is 0 Å². The summed E-state index contributed by atoms with van der Waals surface area (Å²) in [6.45, 7) is 9.75. The smallest absolute Gasteiger partial charge is 0.407 e. The maximum Gasteiger partial charge on any atom is 0.407 e. The molecule has 2 aliphatic rings. The Morgan fingerprint density at radius 3 is 2.76 bits per heavy atom. The van der Waals surface area contributed by atoms with E-state index in [1.165, 1.54) is 5.56 Å². The van der Waals surface area contributed by atoms with Gasteiger partial charge in [0, 0.05) is 13.0 Å².